The quantitative estimate of drug-likeness (QED) is 0.487. The summed E-state index contributed by atoms with van der Waals surface area (Å²) in [6.07, 6.45) is 3.57. The van der Waals surface area contributed by atoms with Crippen LogP contribution in [0.25, 0.3) is 22.3 Å². The Balaban J connectivity index is 1.38. The number of methoxy groups -OCH3 is 2. The van der Waals surface area contributed by atoms with Gasteiger partial charge in [0.15, 0.2) is 0 Å². The van der Waals surface area contributed by atoms with Crippen molar-refractivity contribution in [1.29, 1.82) is 0 Å². The fraction of sp³-hybridized carbons (Fsp3) is 0.345. The number of nitrogens with zero attached hydrogens (tertiary/aromatic N) is 6. The van der Waals surface area contributed by atoms with Crippen molar-refractivity contribution >= 4 is 23.9 Å². The van der Waals surface area contributed by atoms with Crippen LogP contribution in [0.1, 0.15) is 12.0 Å². The van der Waals surface area contributed by atoms with Crippen LogP contribution in [0, 0.1) is 5.92 Å². The number of aliphatic imine (C=N–C) groups is 1. The second-order valence-electron chi connectivity index (χ2n) is 9.92. The number of ether oxygens (including phenoxy) is 2. The lowest BCUT2D eigenvalue weighted by molar-refractivity contribution is -0.128. The Hall–Kier alpha value is -4.67. The highest BCUT2D eigenvalue weighted by atomic mass is 16.5. The van der Waals surface area contributed by atoms with Crippen LogP contribution in [0.15, 0.2) is 65.9 Å². The molecule has 3 heterocycles. The minimum Gasteiger partial charge on any atom is -0.453 e. The molecule has 0 N–H and O–H groups in total. The highest BCUT2D eigenvalue weighted by Gasteiger charge is 2.34. The van der Waals surface area contributed by atoms with Gasteiger partial charge in [-0.3, -0.25) is 19.3 Å². The van der Waals surface area contributed by atoms with Gasteiger partial charge >= 0.3 is 12.2 Å². The fourth-order valence-corrected chi connectivity index (χ4v) is 5.11. The summed E-state index contributed by atoms with van der Waals surface area (Å²) in [6, 6.07) is 16.1. The van der Waals surface area contributed by atoms with Crippen molar-refractivity contribution in [2.45, 2.75) is 6.42 Å². The topological polar surface area (TPSA) is 110 Å². The third-order valence-corrected chi connectivity index (χ3v) is 7.27. The minimum absolute atomic E-state index is 0.000750. The number of carbonyl (C=O) groups is 3. The summed E-state index contributed by atoms with van der Waals surface area (Å²) in [5.41, 5.74) is 4.98. The average Bonchev–Trinajstić information content (AvgIpc) is 3.60. The lowest BCUT2D eigenvalue weighted by Crippen LogP contribution is -2.45. The molecule has 3 aromatic rings. The van der Waals surface area contributed by atoms with Crippen LogP contribution >= 0.6 is 0 Å². The highest BCUT2D eigenvalue weighted by Crippen LogP contribution is 2.26. The van der Waals surface area contributed by atoms with Gasteiger partial charge < -0.3 is 14.4 Å². The van der Waals surface area contributed by atoms with Crippen molar-refractivity contribution in [3.8, 4) is 22.3 Å². The van der Waals surface area contributed by atoms with Crippen molar-refractivity contribution in [2.75, 3.05) is 47.1 Å². The standard InChI is InChI=1S/C29H32N6O5/c1-32-17-25(14-31-32)23-6-4-21(5-7-23)22-8-10-24(11-9-22)27-30-19-34(29(38)40-3)18-26(36)35(27)16-20-12-13-33(15-20)28(37)39-2/h4-11,14,17,20H,12-13,15-16,18-19H2,1-3H3. The van der Waals surface area contributed by atoms with E-state index in [4.69, 9.17) is 9.47 Å². The molecular weight excluding hydrogens is 512 g/mol. The van der Waals surface area contributed by atoms with E-state index in [0.717, 1.165) is 34.2 Å². The lowest BCUT2D eigenvalue weighted by Gasteiger charge is -2.26. The Morgan fingerprint density at radius 2 is 1.45 bits per heavy atom. The second-order valence-corrected chi connectivity index (χ2v) is 9.92. The van der Waals surface area contributed by atoms with E-state index in [1.54, 1.807) is 14.5 Å². The van der Waals surface area contributed by atoms with Crippen LogP contribution in [0.2, 0.25) is 0 Å². The fourth-order valence-electron chi connectivity index (χ4n) is 5.11. The largest absolute Gasteiger partial charge is 0.453 e. The van der Waals surface area contributed by atoms with Crippen LogP contribution < -0.4 is 0 Å². The van der Waals surface area contributed by atoms with Crippen LogP contribution in [-0.4, -0.2) is 95.5 Å². The van der Waals surface area contributed by atoms with Gasteiger partial charge in [0.2, 0.25) is 5.91 Å². The van der Waals surface area contributed by atoms with Gasteiger partial charge in [0.25, 0.3) is 0 Å². The molecule has 0 bridgehead atoms. The molecule has 1 saturated heterocycles. The third kappa shape index (κ3) is 5.68. The van der Waals surface area contributed by atoms with E-state index in [9.17, 15) is 14.4 Å². The molecule has 0 aliphatic carbocycles. The zero-order chi connectivity index (χ0) is 28.2. The molecule has 2 aliphatic rings. The molecular formula is C29H32N6O5. The molecule has 0 radical (unpaired) electrons. The van der Waals surface area contributed by atoms with Gasteiger partial charge in [-0.2, -0.15) is 5.10 Å². The van der Waals surface area contributed by atoms with Gasteiger partial charge in [0.05, 0.1) is 20.4 Å². The number of aryl methyl sites for hydroxylation is 1. The molecule has 1 atom stereocenters. The van der Waals surface area contributed by atoms with Crippen molar-refractivity contribution in [3.63, 3.8) is 0 Å². The zero-order valence-electron chi connectivity index (χ0n) is 22.8. The maximum Gasteiger partial charge on any atom is 0.411 e. The lowest BCUT2D eigenvalue weighted by atomic mass is 10.0. The normalized spacial score (nSPS) is 17.5. The van der Waals surface area contributed by atoms with Gasteiger partial charge in [-0.05, 0) is 29.0 Å². The van der Waals surface area contributed by atoms with Crippen molar-refractivity contribution in [1.82, 2.24) is 24.5 Å². The summed E-state index contributed by atoms with van der Waals surface area (Å²) < 4.78 is 11.5. The number of rotatable bonds is 5. The van der Waals surface area contributed by atoms with Crippen LogP contribution in [0.4, 0.5) is 9.59 Å². The van der Waals surface area contributed by atoms with Gasteiger partial charge in [-0.15, -0.1) is 0 Å². The summed E-state index contributed by atoms with van der Waals surface area (Å²) in [5, 5.41) is 4.24. The van der Waals surface area contributed by atoms with Gasteiger partial charge in [0.1, 0.15) is 19.0 Å². The van der Waals surface area contributed by atoms with E-state index in [1.807, 2.05) is 43.7 Å². The smallest absolute Gasteiger partial charge is 0.411 e. The first-order chi connectivity index (χ1) is 19.4. The zero-order valence-corrected chi connectivity index (χ0v) is 22.8. The van der Waals surface area contributed by atoms with E-state index in [-0.39, 0.29) is 31.1 Å². The first kappa shape index (κ1) is 26.9. The minimum atomic E-state index is -0.610. The molecule has 1 unspecified atom stereocenters. The van der Waals surface area contributed by atoms with Crippen molar-refractivity contribution in [3.05, 3.63) is 66.5 Å². The number of likely N-dealkylation sites (tertiary alicyclic amines) is 1. The van der Waals surface area contributed by atoms with E-state index in [0.29, 0.717) is 25.5 Å². The van der Waals surface area contributed by atoms with Crippen LogP contribution in [0.3, 0.4) is 0 Å². The molecule has 5 rings (SSSR count). The summed E-state index contributed by atoms with van der Waals surface area (Å²) in [6.45, 7) is 1.28. The summed E-state index contributed by atoms with van der Waals surface area (Å²) in [5.74, 6) is 0.287. The van der Waals surface area contributed by atoms with Crippen LogP contribution in [0.5, 0.6) is 0 Å². The first-order valence-electron chi connectivity index (χ1n) is 13.1. The number of hydrogen-bond donors (Lipinski definition) is 0. The first-order valence-corrected chi connectivity index (χ1v) is 13.1. The number of aromatic nitrogens is 2. The van der Waals surface area contributed by atoms with Gasteiger partial charge in [-0.1, -0.05) is 48.5 Å². The molecule has 11 nitrogen and oxygen atoms in total. The molecule has 1 fully saturated rings. The number of amides is 3. The predicted molar refractivity (Wildman–Crippen MR) is 148 cm³/mol. The van der Waals surface area contributed by atoms with Gasteiger partial charge in [0, 0.05) is 44.0 Å². The molecule has 3 amide bonds. The number of amidine groups is 1. The maximum absolute atomic E-state index is 13.4. The predicted octanol–water partition coefficient (Wildman–Crippen LogP) is 3.46. The highest BCUT2D eigenvalue weighted by molar-refractivity contribution is 6.09. The second kappa shape index (κ2) is 11.6. The van der Waals surface area contributed by atoms with Gasteiger partial charge in [-0.25, -0.2) is 14.6 Å². The molecule has 0 spiro atoms. The Morgan fingerprint density at radius 1 is 0.875 bits per heavy atom. The Bertz CT molecular complexity index is 1420. The number of benzene rings is 2. The van der Waals surface area contributed by atoms with E-state index < -0.39 is 6.09 Å². The maximum atomic E-state index is 13.4. The molecule has 40 heavy (non-hydrogen) atoms. The van der Waals surface area contributed by atoms with E-state index in [1.165, 1.54) is 19.1 Å². The van der Waals surface area contributed by atoms with Crippen molar-refractivity contribution < 1.29 is 23.9 Å². The molecule has 1 aromatic heterocycles. The van der Waals surface area contributed by atoms with E-state index >= 15 is 0 Å². The molecule has 11 heteroatoms. The Labute approximate surface area is 232 Å². The molecule has 2 aliphatic heterocycles. The molecule has 0 saturated carbocycles. The molecule has 2 aromatic carbocycles. The monoisotopic (exact) mass is 544 g/mol. The summed E-state index contributed by atoms with van der Waals surface area (Å²) >= 11 is 0. The summed E-state index contributed by atoms with van der Waals surface area (Å²) in [7, 11) is 4.53. The van der Waals surface area contributed by atoms with E-state index in [2.05, 4.69) is 34.4 Å². The molecule has 208 valence electrons. The number of carbonyl (C=O) groups excluding carboxylic acids is 3. The summed E-state index contributed by atoms with van der Waals surface area (Å²) in [4.78, 5) is 46.8. The average molecular weight is 545 g/mol. The number of hydrogen-bond acceptors (Lipinski definition) is 7. The Morgan fingerprint density at radius 3 is 2.02 bits per heavy atom. The Kier molecular flexibility index (Phi) is 7.81. The van der Waals surface area contributed by atoms with Crippen molar-refractivity contribution in [2.24, 2.45) is 18.0 Å². The SMILES string of the molecule is COC(=O)N1CN=C(c2ccc(-c3ccc(-c4cnn(C)c4)cc3)cc2)N(CC2CCN(C(=O)OC)C2)C(=O)C1. The third-order valence-electron chi connectivity index (χ3n) is 7.27. The van der Waals surface area contributed by atoms with Crippen LogP contribution in [-0.2, 0) is 21.3 Å².